The summed E-state index contributed by atoms with van der Waals surface area (Å²) in [4.78, 5) is 12.0. The van der Waals surface area contributed by atoms with Gasteiger partial charge in [0.25, 0.3) is 0 Å². The van der Waals surface area contributed by atoms with Crippen LogP contribution in [0.1, 0.15) is 12.8 Å². The van der Waals surface area contributed by atoms with Crippen LogP contribution in [0.3, 0.4) is 0 Å². The highest BCUT2D eigenvalue weighted by atomic mass is 16.6. The van der Waals surface area contributed by atoms with E-state index in [1.165, 1.54) is 6.20 Å². The standard InChI is InChI=1S/C8H12N4O3/c13-4-3-11(6-1-2-6)7-5-9-10-8(7)12(14)15/h5-6,13H,1-4H2,(H,9,10). The summed E-state index contributed by atoms with van der Waals surface area (Å²) in [5.74, 6) is -0.102. The molecule has 7 heteroatoms. The van der Waals surface area contributed by atoms with E-state index in [1.54, 1.807) is 0 Å². The first-order valence-electron chi connectivity index (χ1n) is 4.79. The number of hydrogen-bond acceptors (Lipinski definition) is 5. The van der Waals surface area contributed by atoms with Gasteiger partial charge in [0.15, 0.2) is 5.69 Å². The highest BCUT2D eigenvalue weighted by molar-refractivity contribution is 5.59. The Bertz CT molecular complexity index is 361. The Kier molecular flexibility index (Phi) is 2.55. The third-order valence-corrected chi connectivity index (χ3v) is 2.42. The van der Waals surface area contributed by atoms with Gasteiger partial charge in [-0.1, -0.05) is 5.10 Å². The van der Waals surface area contributed by atoms with Crippen molar-refractivity contribution in [2.75, 3.05) is 18.1 Å². The zero-order valence-corrected chi connectivity index (χ0v) is 8.09. The summed E-state index contributed by atoms with van der Waals surface area (Å²) in [5, 5.41) is 25.6. The van der Waals surface area contributed by atoms with Gasteiger partial charge in [0.1, 0.15) is 6.20 Å². The van der Waals surface area contributed by atoms with Gasteiger partial charge in [-0.15, -0.1) is 5.10 Å². The second-order valence-corrected chi connectivity index (χ2v) is 3.51. The SMILES string of the molecule is O=[N+]([O-])c1[nH]ncc1N(CCO)C1CC1. The minimum absolute atomic E-state index is 0.0150. The zero-order valence-electron chi connectivity index (χ0n) is 8.09. The van der Waals surface area contributed by atoms with E-state index < -0.39 is 4.92 Å². The molecule has 7 nitrogen and oxygen atoms in total. The molecule has 0 radical (unpaired) electrons. The van der Waals surface area contributed by atoms with Crippen LogP contribution < -0.4 is 4.90 Å². The van der Waals surface area contributed by atoms with Crippen LogP contribution in [0.25, 0.3) is 0 Å². The summed E-state index contributed by atoms with van der Waals surface area (Å²) in [6, 6.07) is 0.313. The van der Waals surface area contributed by atoms with Gasteiger partial charge in [-0.3, -0.25) is 0 Å². The number of nitrogens with zero attached hydrogens (tertiary/aromatic N) is 3. The van der Waals surface area contributed by atoms with E-state index in [0.29, 0.717) is 18.3 Å². The van der Waals surface area contributed by atoms with Gasteiger partial charge in [0.05, 0.1) is 6.61 Å². The fourth-order valence-corrected chi connectivity index (χ4v) is 1.61. The van der Waals surface area contributed by atoms with E-state index in [-0.39, 0.29) is 12.4 Å². The number of aliphatic hydroxyl groups is 1. The number of aliphatic hydroxyl groups excluding tert-OH is 1. The van der Waals surface area contributed by atoms with Crippen LogP contribution in [0.2, 0.25) is 0 Å². The number of aromatic nitrogens is 2. The first kappa shape index (κ1) is 9.91. The lowest BCUT2D eigenvalue weighted by molar-refractivity contribution is -0.388. The molecular weight excluding hydrogens is 200 g/mol. The van der Waals surface area contributed by atoms with Crippen molar-refractivity contribution in [3.63, 3.8) is 0 Å². The topological polar surface area (TPSA) is 95.3 Å². The minimum Gasteiger partial charge on any atom is -0.395 e. The molecular formula is C8H12N4O3. The van der Waals surface area contributed by atoms with Crippen LogP contribution in [0.5, 0.6) is 0 Å². The zero-order chi connectivity index (χ0) is 10.8. The Morgan fingerprint density at radius 3 is 3.00 bits per heavy atom. The van der Waals surface area contributed by atoms with Crippen molar-refractivity contribution in [2.24, 2.45) is 0 Å². The molecule has 2 N–H and O–H groups in total. The van der Waals surface area contributed by atoms with E-state index >= 15 is 0 Å². The number of aromatic amines is 1. The molecule has 1 aromatic rings. The molecule has 82 valence electrons. The first-order valence-corrected chi connectivity index (χ1v) is 4.79. The molecule has 0 bridgehead atoms. The summed E-state index contributed by atoms with van der Waals surface area (Å²) in [6.07, 6.45) is 3.47. The molecule has 0 aromatic carbocycles. The van der Waals surface area contributed by atoms with Gasteiger partial charge in [0, 0.05) is 12.6 Å². The second kappa shape index (κ2) is 3.85. The number of rotatable bonds is 5. The van der Waals surface area contributed by atoms with Crippen LogP contribution in [0, 0.1) is 10.1 Å². The lowest BCUT2D eigenvalue weighted by atomic mass is 10.4. The first-order chi connectivity index (χ1) is 7.24. The summed E-state index contributed by atoms with van der Waals surface area (Å²) in [6.45, 7) is 0.393. The van der Waals surface area contributed by atoms with Crippen molar-refractivity contribution in [3.8, 4) is 0 Å². The highest BCUT2D eigenvalue weighted by Crippen LogP contribution is 2.35. The van der Waals surface area contributed by atoms with Crippen LogP contribution in [-0.4, -0.2) is 39.4 Å². The number of nitrogens with one attached hydrogen (secondary N) is 1. The number of H-pyrrole nitrogens is 1. The Balaban J connectivity index is 2.24. The molecule has 0 amide bonds. The molecule has 0 spiro atoms. The van der Waals surface area contributed by atoms with Gasteiger partial charge in [0.2, 0.25) is 0 Å². The predicted octanol–water partition coefficient (Wildman–Crippen LogP) is 0.279. The molecule has 0 saturated heterocycles. The van der Waals surface area contributed by atoms with Crippen molar-refractivity contribution < 1.29 is 10.0 Å². The van der Waals surface area contributed by atoms with Gasteiger partial charge >= 0.3 is 5.82 Å². The Morgan fingerprint density at radius 1 is 1.73 bits per heavy atom. The van der Waals surface area contributed by atoms with Crippen LogP contribution in [0.15, 0.2) is 6.20 Å². The average Bonchev–Trinajstić information content (AvgIpc) is 2.91. The Hall–Kier alpha value is -1.63. The smallest absolute Gasteiger partial charge is 0.366 e. The molecule has 1 aromatic heterocycles. The molecule has 1 aliphatic carbocycles. The predicted molar refractivity (Wildman–Crippen MR) is 52.7 cm³/mol. The number of anilines is 1. The van der Waals surface area contributed by atoms with Crippen LogP contribution in [0.4, 0.5) is 11.5 Å². The molecule has 2 rings (SSSR count). The normalized spacial score (nSPS) is 15.3. The van der Waals surface area contributed by atoms with Crippen molar-refractivity contribution >= 4 is 11.5 Å². The second-order valence-electron chi connectivity index (χ2n) is 3.51. The summed E-state index contributed by atoms with van der Waals surface area (Å²) in [7, 11) is 0. The fraction of sp³-hybridized carbons (Fsp3) is 0.625. The van der Waals surface area contributed by atoms with E-state index in [1.807, 2.05) is 4.90 Å². The maximum atomic E-state index is 10.7. The molecule has 1 heterocycles. The van der Waals surface area contributed by atoms with Crippen LogP contribution >= 0.6 is 0 Å². The van der Waals surface area contributed by atoms with Gasteiger partial charge in [-0.2, -0.15) is 0 Å². The number of nitro groups is 1. The molecule has 1 aliphatic rings. The van der Waals surface area contributed by atoms with Crippen molar-refractivity contribution in [2.45, 2.75) is 18.9 Å². The van der Waals surface area contributed by atoms with Crippen molar-refractivity contribution in [1.82, 2.24) is 10.2 Å². The van der Waals surface area contributed by atoms with Crippen LogP contribution in [-0.2, 0) is 0 Å². The van der Waals surface area contributed by atoms with E-state index in [4.69, 9.17) is 5.11 Å². The third-order valence-electron chi connectivity index (χ3n) is 2.42. The highest BCUT2D eigenvalue weighted by Gasteiger charge is 2.33. The summed E-state index contributed by atoms with van der Waals surface area (Å²) in [5.41, 5.74) is 0.469. The van der Waals surface area contributed by atoms with Gasteiger partial charge in [-0.25, -0.2) is 0 Å². The fourth-order valence-electron chi connectivity index (χ4n) is 1.61. The quantitative estimate of drug-likeness (QED) is 0.540. The van der Waals surface area contributed by atoms with Crippen molar-refractivity contribution in [3.05, 3.63) is 16.3 Å². The molecule has 1 saturated carbocycles. The Morgan fingerprint density at radius 2 is 2.47 bits per heavy atom. The lowest BCUT2D eigenvalue weighted by Crippen LogP contribution is -2.29. The number of hydrogen-bond donors (Lipinski definition) is 2. The molecule has 15 heavy (non-hydrogen) atoms. The summed E-state index contributed by atoms with van der Waals surface area (Å²) < 4.78 is 0. The maximum absolute atomic E-state index is 10.7. The minimum atomic E-state index is -0.491. The van der Waals surface area contributed by atoms with Gasteiger partial charge in [-0.05, 0) is 17.8 Å². The van der Waals surface area contributed by atoms with Crippen molar-refractivity contribution in [1.29, 1.82) is 0 Å². The molecule has 0 atom stereocenters. The maximum Gasteiger partial charge on any atom is 0.366 e. The monoisotopic (exact) mass is 212 g/mol. The van der Waals surface area contributed by atoms with Gasteiger partial charge < -0.3 is 20.1 Å². The van der Waals surface area contributed by atoms with E-state index in [2.05, 4.69) is 10.2 Å². The third kappa shape index (κ3) is 1.91. The molecule has 0 unspecified atom stereocenters. The summed E-state index contributed by atoms with van der Waals surface area (Å²) >= 11 is 0. The largest absolute Gasteiger partial charge is 0.395 e. The Labute approximate surface area is 85.9 Å². The lowest BCUT2D eigenvalue weighted by Gasteiger charge is -2.20. The van der Waals surface area contributed by atoms with E-state index in [9.17, 15) is 10.1 Å². The average molecular weight is 212 g/mol. The molecule has 1 fully saturated rings. The molecule has 0 aliphatic heterocycles. The van der Waals surface area contributed by atoms with E-state index in [0.717, 1.165) is 12.8 Å².